The number of hydrogen-bond donors (Lipinski definition) is 0. The first-order valence-corrected chi connectivity index (χ1v) is 10.6. The monoisotopic (exact) mass is 486 g/mol. The quantitative estimate of drug-likeness (QED) is 0.317. The van der Waals surface area contributed by atoms with Gasteiger partial charge >= 0.3 is 5.97 Å². The summed E-state index contributed by atoms with van der Waals surface area (Å²) in [6, 6.07) is 11.9. The van der Waals surface area contributed by atoms with Crippen molar-refractivity contribution in [2.45, 2.75) is 13.5 Å². The molecule has 9 heteroatoms. The Hall–Kier alpha value is -3.06. The minimum Gasteiger partial charge on any atom is -0.457 e. The van der Waals surface area contributed by atoms with Crippen LogP contribution < -0.4 is 5.01 Å². The van der Waals surface area contributed by atoms with Crippen LogP contribution in [0.25, 0.3) is 17.4 Å². The van der Waals surface area contributed by atoms with Crippen molar-refractivity contribution >= 4 is 64.2 Å². The molecule has 2 aliphatic rings. The van der Waals surface area contributed by atoms with E-state index in [-0.39, 0.29) is 28.3 Å². The van der Waals surface area contributed by atoms with Crippen LogP contribution in [-0.2, 0) is 16.1 Å². The van der Waals surface area contributed by atoms with Gasteiger partial charge in [0.2, 0.25) is 0 Å². The fourth-order valence-corrected chi connectivity index (χ4v) is 4.54. The number of fused-ring (bicyclic) bond motifs is 1. The third-order valence-electron chi connectivity index (χ3n) is 5.14. The molecule has 0 aliphatic carbocycles. The zero-order valence-corrected chi connectivity index (χ0v) is 18.8. The molecule has 0 N–H and O–H groups in total. The number of esters is 1. The highest BCUT2D eigenvalue weighted by molar-refractivity contribution is 6.44. The molecule has 1 amide bonds. The average Bonchev–Trinajstić information content (AvgIpc) is 3.43. The van der Waals surface area contributed by atoms with E-state index in [4.69, 9.17) is 44.0 Å². The minimum absolute atomic E-state index is 0.212. The maximum atomic E-state index is 13.1. The topological polar surface area (TPSA) is 72.1 Å². The lowest BCUT2D eigenvalue weighted by molar-refractivity contribution is -0.114. The number of ether oxygens (including phenoxy) is 1. The molecule has 1 aromatic heterocycles. The zero-order chi connectivity index (χ0) is 22.6. The number of carbonyl (C=O) groups excluding carboxylic acids is 2. The number of anilines is 1. The summed E-state index contributed by atoms with van der Waals surface area (Å²) in [6.07, 6.45) is 1.60. The normalized spacial score (nSPS) is 16.6. The second-order valence-corrected chi connectivity index (χ2v) is 8.48. The van der Waals surface area contributed by atoms with E-state index >= 15 is 0 Å². The van der Waals surface area contributed by atoms with Gasteiger partial charge in [-0.1, -0.05) is 46.9 Å². The molecule has 0 radical (unpaired) electrons. The van der Waals surface area contributed by atoms with E-state index in [2.05, 4.69) is 5.10 Å². The standard InChI is InChI=1S/C23H13Cl3N2O4/c1-11-16(22(29)28(27-11)21-18(25)7-14(24)8-19(21)26)9-15-4-5-20(32-15)12-2-3-13-10-31-23(30)17(13)6-12/h2-9H,10H2,1H3. The van der Waals surface area contributed by atoms with Crippen LogP contribution in [0.5, 0.6) is 0 Å². The summed E-state index contributed by atoms with van der Waals surface area (Å²) in [5.74, 6) is 0.266. The molecule has 0 saturated heterocycles. The zero-order valence-electron chi connectivity index (χ0n) is 16.5. The van der Waals surface area contributed by atoms with Gasteiger partial charge in [0.1, 0.15) is 23.8 Å². The summed E-state index contributed by atoms with van der Waals surface area (Å²) in [5.41, 5.74) is 3.18. The highest BCUT2D eigenvalue weighted by atomic mass is 35.5. The van der Waals surface area contributed by atoms with E-state index in [1.54, 1.807) is 31.2 Å². The van der Waals surface area contributed by atoms with Gasteiger partial charge in [-0.3, -0.25) is 4.79 Å². The molecule has 0 bridgehead atoms. The fraction of sp³-hybridized carbons (Fsp3) is 0.0870. The van der Waals surface area contributed by atoms with Crippen molar-refractivity contribution in [2.24, 2.45) is 5.10 Å². The second-order valence-electron chi connectivity index (χ2n) is 7.23. The van der Waals surface area contributed by atoms with Crippen molar-refractivity contribution in [3.05, 3.63) is 80.0 Å². The fourth-order valence-electron chi connectivity index (χ4n) is 3.57. The molecule has 3 heterocycles. The smallest absolute Gasteiger partial charge is 0.338 e. The van der Waals surface area contributed by atoms with Crippen LogP contribution in [0.3, 0.4) is 0 Å². The predicted molar refractivity (Wildman–Crippen MR) is 123 cm³/mol. The van der Waals surface area contributed by atoms with Gasteiger partial charge in [-0.15, -0.1) is 0 Å². The average molecular weight is 488 g/mol. The van der Waals surface area contributed by atoms with Crippen molar-refractivity contribution in [3.63, 3.8) is 0 Å². The molecular formula is C23H13Cl3N2O4. The third kappa shape index (κ3) is 3.50. The van der Waals surface area contributed by atoms with Crippen LogP contribution in [0.15, 0.2) is 57.6 Å². The number of hydrogen-bond acceptors (Lipinski definition) is 5. The Balaban J connectivity index is 1.45. The molecule has 5 rings (SSSR count). The van der Waals surface area contributed by atoms with Gasteiger partial charge in [0.25, 0.3) is 5.91 Å². The summed E-state index contributed by atoms with van der Waals surface area (Å²) in [7, 11) is 0. The third-order valence-corrected chi connectivity index (χ3v) is 5.94. The number of furan rings is 1. The number of hydrazone groups is 1. The first-order valence-electron chi connectivity index (χ1n) is 9.48. The Labute approximate surface area is 197 Å². The molecule has 2 aromatic carbocycles. The van der Waals surface area contributed by atoms with Gasteiger partial charge in [-0.25, -0.2) is 4.79 Å². The van der Waals surface area contributed by atoms with Crippen LogP contribution in [0.2, 0.25) is 15.1 Å². The number of amides is 1. The van der Waals surface area contributed by atoms with Gasteiger partial charge in [0, 0.05) is 16.1 Å². The lowest BCUT2D eigenvalue weighted by atomic mass is 10.0. The highest BCUT2D eigenvalue weighted by Gasteiger charge is 2.32. The molecule has 2 aliphatic heterocycles. The van der Waals surface area contributed by atoms with E-state index in [1.165, 1.54) is 12.1 Å². The van der Waals surface area contributed by atoms with Crippen molar-refractivity contribution in [1.82, 2.24) is 0 Å². The minimum atomic E-state index is -0.396. The SMILES string of the molecule is CC1=NN(c2c(Cl)cc(Cl)cc2Cl)C(=O)C1=Cc1ccc(-c2ccc3c(c2)C(=O)OC3)o1. The van der Waals surface area contributed by atoms with Gasteiger partial charge in [0.05, 0.1) is 26.9 Å². The number of rotatable bonds is 3. The number of halogens is 3. The molecule has 3 aromatic rings. The van der Waals surface area contributed by atoms with Crippen LogP contribution >= 0.6 is 34.8 Å². The van der Waals surface area contributed by atoms with Crippen LogP contribution in [0.4, 0.5) is 5.69 Å². The molecule has 160 valence electrons. The Kier molecular flexibility index (Phi) is 5.08. The maximum Gasteiger partial charge on any atom is 0.338 e. The molecular weight excluding hydrogens is 475 g/mol. The van der Waals surface area contributed by atoms with Crippen molar-refractivity contribution in [3.8, 4) is 11.3 Å². The summed E-state index contributed by atoms with van der Waals surface area (Å²) in [6.45, 7) is 1.99. The summed E-state index contributed by atoms with van der Waals surface area (Å²) in [5, 5.41) is 6.24. The van der Waals surface area contributed by atoms with Crippen LogP contribution in [0.1, 0.15) is 28.6 Å². The van der Waals surface area contributed by atoms with Gasteiger partial charge in [-0.2, -0.15) is 10.1 Å². The van der Waals surface area contributed by atoms with E-state index in [1.807, 2.05) is 12.1 Å². The van der Waals surface area contributed by atoms with E-state index in [0.717, 1.165) is 16.1 Å². The number of carbonyl (C=O) groups is 2. The number of benzene rings is 2. The van der Waals surface area contributed by atoms with E-state index < -0.39 is 5.91 Å². The second kappa shape index (κ2) is 7.81. The molecule has 32 heavy (non-hydrogen) atoms. The Morgan fingerprint density at radius 1 is 1.03 bits per heavy atom. The van der Waals surface area contributed by atoms with Crippen LogP contribution in [-0.4, -0.2) is 17.6 Å². The number of cyclic esters (lactones) is 1. The van der Waals surface area contributed by atoms with E-state index in [0.29, 0.717) is 33.4 Å². The highest BCUT2D eigenvalue weighted by Crippen LogP contribution is 2.39. The molecule has 0 saturated carbocycles. The largest absolute Gasteiger partial charge is 0.457 e. The van der Waals surface area contributed by atoms with Gasteiger partial charge in [-0.05, 0) is 43.3 Å². The molecule has 0 spiro atoms. The van der Waals surface area contributed by atoms with Crippen LogP contribution in [0, 0.1) is 0 Å². The molecule has 0 atom stereocenters. The predicted octanol–water partition coefficient (Wildman–Crippen LogP) is 6.38. The first-order chi connectivity index (χ1) is 15.3. The van der Waals surface area contributed by atoms with Gasteiger partial charge < -0.3 is 9.15 Å². The molecule has 6 nitrogen and oxygen atoms in total. The Morgan fingerprint density at radius 2 is 1.78 bits per heavy atom. The van der Waals surface area contributed by atoms with Crippen molar-refractivity contribution < 1.29 is 18.7 Å². The Bertz CT molecular complexity index is 1350. The lowest BCUT2D eigenvalue weighted by Crippen LogP contribution is -2.22. The maximum absolute atomic E-state index is 13.1. The summed E-state index contributed by atoms with van der Waals surface area (Å²) >= 11 is 18.5. The first kappa shape index (κ1) is 20.8. The van der Waals surface area contributed by atoms with Gasteiger partial charge in [0.15, 0.2) is 0 Å². The lowest BCUT2D eigenvalue weighted by Gasteiger charge is -2.15. The molecule has 0 fully saturated rings. The summed E-state index contributed by atoms with van der Waals surface area (Å²) in [4.78, 5) is 24.9. The number of nitrogens with zero attached hydrogens (tertiary/aromatic N) is 2. The molecule has 0 unspecified atom stereocenters. The van der Waals surface area contributed by atoms with Crippen molar-refractivity contribution in [1.29, 1.82) is 0 Å². The van der Waals surface area contributed by atoms with Crippen molar-refractivity contribution in [2.75, 3.05) is 5.01 Å². The summed E-state index contributed by atoms with van der Waals surface area (Å²) < 4.78 is 10.9. The van der Waals surface area contributed by atoms with E-state index in [9.17, 15) is 9.59 Å². The Morgan fingerprint density at radius 3 is 2.53 bits per heavy atom.